The van der Waals surface area contributed by atoms with Crippen molar-refractivity contribution in [1.29, 1.82) is 0 Å². The summed E-state index contributed by atoms with van der Waals surface area (Å²) in [5.74, 6) is 1.70. The van der Waals surface area contributed by atoms with Gasteiger partial charge in [0.15, 0.2) is 0 Å². The summed E-state index contributed by atoms with van der Waals surface area (Å²) in [5, 5.41) is 3.72. The van der Waals surface area contributed by atoms with E-state index in [9.17, 15) is 0 Å². The average Bonchev–Trinajstić information content (AvgIpc) is 2.37. The molecule has 0 radical (unpaired) electrons. The molecule has 0 spiro atoms. The molecule has 2 nitrogen and oxygen atoms in total. The van der Waals surface area contributed by atoms with E-state index in [0.717, 1.165) is 11.8 Å². The fourth-order valence-corrected chi connectivity index (χ4v) is 3.22. The lowest BCUT2D eigenvalue weighted by Crippen LogP contribution is -2.56. The normalized spacial score (nSPS) is 26.8. The molecular formula is C17H36N2. The molecule has 1 aliphatic heterocycles. The first kappa shape index (κ1) is 17.0. The number of hydrogen-bond donors (Lipinski definition) is 1. The van der Waals surface area contributed by atoms with Crippen LogP contribution in [0.2, 0.25) is 0 Å². The number of rotatable bonds is 8. The first-order valence-corrected chi connectivity index (χ1v) is 8.54. The first-order valence-electron chi connectivity index (χ1n) is 8.54. The highest BCUT2D eigenvalue weighted by molar-refractivity contribution is 4.85. The monoisotopic (exact) mass is 268 g/mol. The van der Waals surface area contributed by atoms with Crippen LogP contribution in [-0.2, 0) is 0 Å². The molecule has 1 fully saturated rings. The van der Waals surface area contributed by atoms with E-state index in [0.29, 0.717) is 12.1 Å². The fourth-order valence-electron chi connectivity index (χ4n) is 3.22. The van der Waals surface area contributed by atoms with Gasteiger partial charge < -0.3 is 5.32 Å². The van der Waals surface area contributed by atoms with Gasteiger partial charge in [-0.25, -0.2) is 0 Å². The van der Waals surface area contributed by atoms with E-state index in [-0.39, 0.29) is 0 Å². The van der Waals surface area contributed by atoms with Crippen molar-refractivity contribution in [1.82, 2.24) is 10.2 Å². The summed E-state index contributed by atoms with van der Waals surface area (Å²) in [7, 11) is 0. The van der Waals surface area contributed by atoms with Crippen LogP contribution in [0, 0.1) is 11.8 Å². The molecule has 1 heterocycles. The van der Waals surface area contributed by atoms with Crippen LogP contribution in [0.25, 0.3) is 0 Å². The Hall–Kier alpha value is -0.0800. The molecule has 0 aromatic heterocycles. The Balaban J connectivity index is 2.43. The second-order valence-electron chi connectivity index (χ2n) is 6.95. The molecule has 19 heavy (non-hydrogen) atoms. The molecule has 1 rings (SSSR count). The molecule has 0 bridgehead atoms. The molecule has 0 aromatic rings. The van der Waals surface area contributed by atoms with Crippen LogP contribution in [0.5, 0.6) is 0 Å². The van der Waals surface area contributed by atoms with E-state index < -0.39 is 0 Å². The standard InChI is InChI=1S/C17H36N2/c1-6-8-9-16(7-2)12-19-13-17(10-14(3)4)18-11-15(19)5/h14-18H,6-13H2,1-5H3. The lowest BCUT2D eigenvalue weighted by atomic mass is 9.95. The highest BCUT2D eigenvalue weighted by atomic mass is 15.2. The van der Waals surface area contributed by atoms with Gasteiger partial charge in [0.25, 0.3) is 0 Å². The third-order valence-corrected chi connectivity index (χ3v) is 4.57. The summed E-state index contributed by atoms with van der Waals surface area (Å²) in [4.78, 5) is 2.74. The minimum Gasteiger partial charge on any atom is -0.311 e. The van der Waals surface area contributed by atoms with E-state index in [4.69, 9.17) is 0 Å². The van der Waals surface area contributed by atoms with E-state index >= 15 is 0 Å². The van der Waals surface area contributed by atoms with Gasteiger partial charge in [-0.1, -0.05) is 47.0 Å². The Morgan fingerprint density at radius 2 is 2.00 bits per heavy atom. The van der Waals surface area contributed by atoms with Gasteiger partial charge in [0.1, 0.15) is 0 Å². The van der Waals surface area contributed by atoms with Crippen molar-refractivity contribution in [2.24, 2.45) is 11.8 Å². The first-order chi connectivity index (χ1) is 9.06. The predicted octanol–water partition coefficient (Wildman–Crippen LogP) is 3.91. The summed E-state index contributed by atoms with van der Waals surface area (Å²) in [5.41, 5.74) is 0. The molecule has 0 saturated carbocycles. The molecule has 114 valence electrons. The Morgan fingerprint density at radius 3 is 2.58 bits per heavy atom. The van der Waals surface area contributed by atoms with Crippen LogP contribution in [-0.4, -0.2) is 36.6 Å². The number of unbranched alkanes of at least 4 members (excludes halogenated alkanes) is 1. The topological polar surface area (TPSA) is 15.3 Å². The lowest BCUT2D eigenvalue weighted by Gasteiger charge is -2.41. The molecule has 0 amide bonds. The molecule has 3 atom stereocenters. The van der Waals surface area contributed by atoms with Crippen LogP contribution in [0.4, 0.5) is 0 Å². The Labute approximate surface area is 121 Å². The number of nitrogens with one attached hydrogen (secondary N) is 1. The highest BCUT2D eigenvalue weighted by Gasteiger charge is 2.26. The predicted molar refractivity (Wildman–Crippen MR) is 85.6 cm³/mol. The third kappa shape index (κ3) is 6.27. The zero-order valence-electron chi connectivity index (χ0n) is 13.9. The minimum atomic E-state index is 0.707. The van der Waals surface area contributed by atoms with Crippen LogP contribution in [0.3, 0.4) is 0 Å². The van der Waals surface area contributed by atoms with Gasteiger partial charge >= 0.3 is 0 Å². The second kappa shape index (κ2) is 8.97. The van der Waals surface area contributed by atoms with E-state index in [1.54, 1.807) is 0 Å². The van der Waals surface area contributed by atoms with Gasteiger partial charge in [-0.2, -0.15) is 0 Å². The third-order valence-electron chi connectivity index (χ3n) is 4.57. The summed E-state index contributed by atoms with van der Waals surface area (Å²) in [6.07, 6.45) is 6.80. The minimum absolute atomic E-state index is 0.707. The quantitative estimate of drug-likeness (QED) is 0.718. The molecule has 2 heteroatoms. The van der Waals surface area contributed by atoms with Gasteiger partial charge in [0.05, 0.1) is 0 Å². The zero-order valence-corrected chi connectivity index (χ0v) is 13.9. The maximum atomic E-state index is 3.72. The number of hydrogen-bond acceptors (Lipinski definition) is 2. The maximum Gasteiger partial charge on any atom is 0.0198 e. The van der Waals surface area contributed by atoms with Crippen LogP contribution >= 0.6 is 0 Å². The number of piperazine rings is 1. The van der Waals surface area contributed by atoms with Crippen LogP contribution in [0.1, 0.15) is 66.7 Å². The van der Waals surface area contributed by atoms with Crippen molar-refractivity contribution in [2.75, 3.05) is 19.6 Å². The van der Waals surface area contributed by atoms with Gasteiger partial charge in [-0.15, -0.1) is 0 Å². The van der Waals surface area contributed by atoms with Crippen molar-refractivity contribution < 1.29 is 0 Å². The molecule has 1 N–H and O–H groups in total. The summed E-state index contributed by atoms with van der Waals surface area (Å²) < 4.78 is 0. The largest absolute Gasteiger partial charge is 0.311 e. The van der Waals surface area contributed by atoms with Crippen LogP contribution in [0.15, 0.2) is 0 Å². The Bertz CT molecular complexity index is 227. The summed E-state index contributed by atoms with van der Waals surface area (Å²) in [6.45, 7) is 15.4. The van der Waals surface area contributed by atoms with Crippen LogP contribution < -0.4 is 5.32 Å². The zero-order chi connectivity index (χ0) is 14.3. The molecule has 3 unspecified atom stereocenters. The SMILES string of the molecule is CCCCC(CC)CN1CC(CC(C)C)NCC1C. The molecular weight excluding hydrogens is 232 g/mol. The van der Waals surface area contributed by atoms with Gasteiger partial charge in [-0.05, 0) is 31.6 Å². The van der Waals surface area contributed by atoms with E-state index in [2.05, 4.69) is 44.8 Å². The van der Waals surface area contributed by atoms with Gasteiger partial charge in [-0.3, -0.25) is 4.90 Å². The average molecular weight is 268 g/mol. The Kier molecular flexibility index (Phi) is 8.01. The van der Waals surface area contributed by atoms with Crippen molar-refractivity contribution in [3.63, 3.8) is 0 Å². The number of nitrogens with zero attached hydrogens (tertiary/aromatic N) is 1. The fraction of sp³-hybridized carbons (Fsp3) is 1.00. The summed E-state index contributed by atoms with van der Waals surface area (Å²) in [6, 6.07) is 1.42. The van der Waals surface area contributed by atoms with Gasteiger partial charge in [0, 0.05) is 31.7 Å². The van der Waals surface area contributed by atoms with Crippen molar-refractivity contribution in [3.05, 3.63) is 0 Å². The summed E-state index contributed by atoms with van der Waals surface area (Å²) >= 11 is 0. The molecule has 0 aromatic carbocycles. The van der Waals surface area contributed by atoms with Crippen molar-refractivity contribution in [2.45, 2.75) is 78.8 Å². The van der Waals surface area contributed by atoms with Gasteiger partial charge in [0.2, 0.25) is 0 Å². The Morgan fingerprint density at radius 1 is 1.26 bits per heavy atom. The second-order valence-corrected chi connectivity index (χ2v) is 6.95. The molecule has 1 aliphatic rings. The van der Waals surface area contributed by atoms with E-state index in [1.165, 1.54) is 51.7 Å². The maximum absolute atomic E-state index is 3.72. The smallest absolute Gasteiger partial charge is 0.0198 e. The van der Waals surface area contributed by atoms with Crippen molar-refractivity contribution in [3.8, 4) is 0 Å². The molecule has 1 saturated heterocycles. The lowest BCUT2D eigenvalue weighted by molar-refractivity contribution is 0.108. The van der Waals surface area contributed by atoms with E-state index in [1.807, 2.05) is 0 Å². The van der Waals surface area contributed by atoms with Crippen molar-refractivity contribution >= 4 is 0 Å². The molecule has 0 aliphatic carbocycles. The highest BCUT2D eigenvalue weighted by Crippen LogP contribution is 2.19.